The van der Waals surface area contributed by atoms with Crippen LogP contribution in [-0.2, 0) is 0 Å². The van der Waals surface area contributed by atoms with Crippen molar-refractivity contribution < 1.29 is 9.59 Å². The molecule has 0 radical (unpaired) electrons. The number of fused-ring (bicyclic) bond motifs is 2. The van der Waals surface area contributed by atoms with E-state index in [1.54, 1.807) is 17.5 Å². The number of nitrogens with zero attached hydrogens (tertiary/aromatic N) is 1. The van der Waals surface area contributed by atoms with Gasteiger partial charge in [0, 0.05) is 23.5 Å². The second-order valence-corrected chi connectivity index (χ2v) is 4.16. The average molecular weight is 215 g/mol. The number of aromatic nitrogens is 1. The van der Waals surface area contributed by atoms with E-state index >= 15 is 0 Å². The molecule has 72 valence electrons. The molecule has 0 atom stereocenters. The van der Waals surface area contributed by atoms with Gasteiger partial charge in [0.05, 0.1) is 10.4 Å². The van der Waals surface area contributed by atoms with E-state index in [1.165, 1.54) is 23.7 Å². The van der Waals surface area contributed by atoms with Gasteiger partial charge in [-0.3, -0.25) is 14.6 Å². The smallest absolute Gasteiger partial charge is 0.204 e. The molecule has 0 unspecified atom stereocenters. The molecule has 0 aliphatic heterocycles. The molecule has 4 heteroatoms. The molecular formula is C11H5NO2S. The summed E-state index contributed by atoms with van der Waals surface area (Å²) in [6.07, 6.45) is 2.98. The Morgan fingerprint density at radius 2 is 1.87 bits per heavy atom. The predicted octanol–water partition coefficient (Wildman–Crippen LogP) is 1.92. The number of carbonyl (C=O) groups excluding carboxylic acids is 2. The van der Waals surface area contributed by atoms with E-state index in [0.717, 1.165) is 0 Å². The maximum absolute atomic E-state index is 11.9. The number of hydrogen-bond acceptors (Lipinski definition) is 4. The Kier molecular flexibility index (Phi) is 1.61. The average Bonchev–Trinajstić information content (AvgIpc) is 2.75. The van der Waals surface area contributed by atoms with Gasteiger partial charge in [0.2, 0.25) is 5.78 Å². The number of pyridine rings is 1. The molecule has 0 saturated heterocycles. The van der Waals surface area contributed by atoms with Crippen molar-refractivity contribution in [3.05, 3.63) is 51.5 Å². The van der Waals surface area contributed by atoms with Gasteiger partial charge in [-0.2, -0.15) is 0 Å². The summed E-state index contributed by atoms with van der Waals surface area (Å²) in [7, 11) is 0. The van der Waals surface area contributed by atoms with Crippen molar-refractivity contribution in [1.29, 1.82) is 0 Å². The van der Waals surface area contributed by atoms with Crippen LogP contribution < -0.4 is 0 Å². The molecule has 0 fully saturated rings. The van der Waals surface area contributed by atoms with Gasteiger partial charge in [-0.1, -0.05) is 0 Å². The number of ketones is 2. The van der Waals surface area contributed by atoms with E-state index < -0.39 is 0 Å². The van der Waals surface area contributed by atoms with Crippen molar-refractivity contribution in [3.8, 4) is 0 Å². The van der Waals surface area contributed by atoms with Gasteiger partial charge in [0.1, 0.15) is 0 Å². The second-order valence-electron chi connectivity index (χ2n) is 3.24. The fraction of sp³-hybridized carbons (Fsp3) is 0. The largest absolute Gasteiger partial charge is 0.288 e. The number of rotatable bonds is 0. The number of hydrogen-bond donors (Lipinski definition) is 0. The highest BCUT2D eigenvalue weighted by atomic mass is 32.1. The van der Waals surface area contributed by atoms with Crippen molar-refractivity contribution in [2.75, 3.05) is 0 Å². The highest BCUT2D eigenvalue weighted by molar-refractivity contribution is 7.12. The molecule has 3 nitrogen and oxygen atoms in total. The quantitative estimate of drug-likeness (QED) is 0.575. The summed E-state index contributed by atoms with van der Waals surface area (Å²) in [6, 6.07) is 3.29. The summed E-state index contributed by atoms with van der Waals surface area (Å²) in [5, 5.41) is 1.76. The lowest BCUT2D eigenvalue weighted by molar-refractivity contribution is 0.0982. The number of carbonyl (C=O) groups is 2. The molecule has 0 saturated carbocycles. The minimum absolute atomic E-state index is 0.0722. The highest BCUT2D eigenvalue weighted by Crippen LogP contribution is 2.29. The minimum atomic E-state index is -0.103. The van der Waals surface area contributed by atoms with Gasteiger partial charge in [-0.05, 0) is 17.5 Å². The van der Waals surface area contributed by atoms with E-state index in [0.29, 0.717) is 21.6 Å². The highest BCUT2D eigenvalue weighted by Gasteiger charge is 2.30. The SMILES string of the molecule is O=C1c2cnccc2C(=O)c2sccc21. The van der Waals surface area contributed by atoms with E-state index in [4.69, 9.17) is 0 Å². The maximum Gasteiger partial charge on any atom is 0.204 e. The minimum Gasteiger partial charge on any atom is -0.288 e. The molecule has 0 amide bonds. The maximum atomic E-state index is 11.9. The third kappa shape index (κ3) is 1.02. The Bertz CT molecular complexity index is 536. The first kappa shape index (κ1) is 8.49. The third-order valence-corrected chi connectivity index (χ3v) is 3.34. The summed E-state index contributed by atoms with van der Waals surface area (Å²) in [6.45, 7) is 0. The van der Waals surface area contributed by atoms with Gasteiger partial charge in [0.15, 0.2) is 5.78 Å². The molecule has 1 aliphatic carbocycles. The molecule has 1 aliphatic rings. The summed E-state index contributed by atoms with van der Waals surface area (Å²) in [5.41, 5.74) is 1.38. The molecule has 2 aromatic rings. The Balaban J connectivity index is 2.36. The van der Waals surface area contributed by atoms with Crippen LogP contribution in [0.3, 0.4) is 0 Å². The van der Waals surface area contributed by atoms with Crippen LogP contribution in [0, 0.1) is 0 Å². The van der Waals surface area contributed by atoms with Gasteiger partial charge < -0.3 is 0 Å². The molecule has 0 N–H and O–H groups in total. The Labute approximate surface area is 89.4 Å². The summed E-state index contributed by atoms with van der Waals surface area (Å²) < 4.78 is 0. The van der Waals surface area contributed by atoms with E-state index in [1.807, 2.05) is 0 Å². The predicted molar refractivity (Wildman–Crippen MR) is 55.4 cm³/mol. The molecule has 2 heterocycles. The van der Waals surface area contributed by atoms with Crippen molar-refractivity contribution in [1.82, 2.24) is 4.98 Å². The topological polar surface area (TPSA) is 47.0 Å². The van der Waals surface area contributed by atoms with Crippen LogP contribution in [0.25, 0.3) is 0 Å². The summed E-state index contributed by atoms with van der Waals surface area (Å²) >= 11 is 1.31. The van der Waals surface area contributed by atoms with Crippen molar-refractivity contribution in [2.45, 2.75) is 0 Å². The van der Waals surface area contributed by atoms with E-state index in [2.05, 4.69) is 4.98 Å². The van der Waals surface area contributed by atoms with Gasteiger partial charge in [-0.15, -0.1) is 11.3 Å². The zero-order valence-corrected chi connectivity index (χ0v) is 8.38. The zero-order valence-electron chi connectivity index (χ0n) is 7.56. The molecule has 0 bridgehead atoms. The first-order valence-corrected chi connectivity index (χ1v) is 5.28. The first-order valence-electron chi connectivity index (χ1n) is 4.40. The molecule has 2 aromatic heterocycles. The lowest BCUT2D eigenvalue weighted by Gasteiger charge is -2.12. The first-order chi connectivity index (χ1) is 7.29. The lowest BCUT2D eigenvalue weighted by Crippen LogP contribution is -2.18. The monoisotopic (exact) mass is 215 g/mol. The van der Waals surface area contributed by atoms with Crippen molar-refractivity contribution in [2.24, 2.45) is 0 Å². The van der Waals surface area contributed by atoms with Gasteiger partial charge >= 0.3 is 0 Å². The van der Waals surface area contributed by atoms with Crippen LogP contribution in [0.15, 0.2) is 29.9 Å². The molecule has 0 spiro atoms. The van der Waals surface area contributed by atoms with Gasteiger partial charge in [-0.25, -0.2) is 0 Å². The normalized spacial score (nSPS) is 13.6. The standard InChI is InChI=1S/C11H5NO2S/c13-9-7-2-4-15-11(7)10(14)6-1-3-12-5-8(6)9/h1-5H. The lowest BCUT2D eigenvalue weighted by atomic mass is 9.91. The Morgan fingerprint density at radius 1 is 1.00 bits per heavy atom. The van der Waals surface area contributed by atoms with Crippen LogP contribution in [0.5, 0.6) is 0 Å². The van der Waals surface area contributed by atoms with Crippen LogP contribution in [-0.4, -0.2) is 16.6 Å². The molecule has 0 aromatic carbocycles. The van der Waals surface area contributed by atoms with Crippen LogP contribution in [0.1, 0.15) is 31.2 Å². The third-order valence-electron chi connectivity index (χ3n) is 2.43. The number of thiophene rings is 1. The Hall–Kier alpha value is -1.81. The fourth-order valence-corrected chi connectivity index (χ4v) is 2.55. The molecular weight excluding hydrogens is 210 g/mol. The van der Waals surface area contributed by atoms with E-state index in [-0.39, 0.29) is 11.6 Å². The second kappa shape index (κ2) is 2.84. The van der Waals surface area contributed by atoms with Crippen molar-refractivity contribution >= 4 is 22.9 Å². The van der Waals surface area contributed by atoms with Crippen LogP contribution in [0.4, 0.5) is 0 Å². The van der Waals surface area contributed by atoms with E-state index in [9.17, 15) is 9.59 Å². The van der Waals surface area contributed by atoms with Gasteiger partial charge in [0.25, 0.3) is 0 Å². The zero-order chi connectivity index (χ0) is 10.4. The molecule has 3 rings (SSSR count). The van der Waals surface area contributed by atoms with Crippen molar-refractivity contribution in [3.63, 3.8) is 0 Å². The summed E-state index contributed by atoms with van der Waals surface area (Å²) in [5.74, 6) is -0.175. The Morgan fingerprint density at radius 3 is 2.73 bits per heavy atom. The van der Waals surface area contributed by atoms with Crippen LogP contribution >= 0.6 is 11.3 Å². The molecule has 15 heavy (non-hydrogen) atoms. The fourth-order valence-electron chi connectivity index (χ4n) is 1.70. The summed E-state index contributed by atoms with van der Waals surface area (Å²) in [4.78, 5) is 28.3. The van der Waals surface area contributed by atoms with Crippen LogP contribution in [0.2, 0.25) is 0 Å².